The number of aliphatic hydroxyl groups is 2. The van der Waals surface area contributed by atoms with Gasteiger partial charge in [-0.15, -0.1) is 24.3 Å². The second kappa shape index (κ2) is 20.2. The minimum atomic E-state index is -0.707. The van der Waals surface area contributed by atoms with Gasteiger partial charge in [-0.2, -0.15) is 47.2 Å². The van der Waals surface area contributed by atoms with Crippen LogP contribution in [0.25, 0.3) is 0 Å². The zero-order valence-electron chi connectivity index (χ0n) is 22.0. The van der Waals surface area contributed by atoms with E-state index < -0.39 is 5.60 Å². The van der Waals surface area contributed by atoms with Gasteiger partial charge in [-0.05, 0) is 33.3 Å². The van der Waals surface area contributed by atoms with Crippen LogP contribution in [-0.4, -0.2) is 16.3 Å². The van der Waals surface area contributed by atoms with E-state index in [4.69, 9.17) is 8.43 Å². The molecule has 0 unspecified atom stereocenters. The van der Waals surface area contributed by atoms with Crippen LogP contribution in [0.4, 0.5) is 0 Å². The molecule has 0 radical (unpaired) electrons. The summed E-state index contributed by atoms with van der Waals surface area (Å²) >= 11 is 0.750. The summed E-state index contributed by atoms with van der Waals surface area (Å²) in [6.07, 6.45) is -0.167. The molecule has 0 saturated heterocycles. The fourth-order valence-electron chi connectivity index (χ4n) is 2.39. The molecule has 0 aliphatic rings. The summed E-state index contributed by atoms with van der Waals surface area (Å²) in [5.41, 5.74) is 2.91. The Morgan fingerprint density at radius 3 is 1.03 bits per heavy atom. The van der Waals surface area contributed by atoms with Gasteiger partial charge in [-0.1, -0.05) is 70.2 Å². The maximum absolute atomic E-state index is 9.49. The van der Waals surface area contributed by atoms with Crippen LogP contribution in [0.15, 0.2) is 91.0 Å². The Morgan fingerprint density at radius 2 is 0.882 bits per heavy atom. The molecule has 0 saturated carbocycles. The standard InChI is InChI=1S/C9H12O.2C9H11.C3H8O.O.Ti/c1-9(2,10)8-6-4-3-5-7-8;2*1-8(2)9-6-4-3-5-7-9;1-3(2)4;;/h3-7,10H,1-2H3;2*3-7H,1-2H3;3-4H,1-2H3;;/q;2*-1;;;+2. The summed E-state index contributed by atoms with van der Waals surface area (Å²) < 4.78 is 8.25. The Bertz CT molecular complexity index is 766. The van der Waals surface area contributed by atoms with E-state index in [1.54, 1.807) is 27.7 Å². The van der Waals surface area contributed by atoms with Gasteiger partial charge in [0.15, 0.2) is 0 Å². The van der Waals surface area contributed by atoms with E-state index in [9.17, 15) is 5.11 Å². The predicted octanol–water partition coefficient (Wildman–Crippen LogP) is 7.48. The van der Waals surface area contributed by atoms with Crippen LogP contribution < -0.4 is 0 Å². The van der Waals surface area contributed by atoms with Crippen molar-refractivity contribution in [1.29, 1.82) is 0 Å². The Morgan fingerprint density at radius 1 is 0.647 bits per heavy atom. The van der Waals surface area contributed by atoms with Gasteiger partial charge in [0.25, 0.3) is 0 Å². The monoisotopic (exact) mass is 498 g/mol. The molecule has 0 aliphatic carbocycles. The first kappa shape index (κ1) is 34.0. The van der Waals surface area contributed by atoms with E-state index in [1.165, 1.54) is 23.0 Å². The molecule has 0 amide bonds. The molecule has 0 aliphatic heterocycles. The molecule has 0 spiro atoms. The van der Waals surface area contributed by atoms with E-state index >= 15 is 0 Å². The fraction of sp³-hybridized carbons (Fsp3) is 0.333. The third-order valence-corrected chi connectivity index (χ3v) is 4.18. The first-order valence-electron chi connectivity index (χ1n) is 11.3. The van der Waals surface area contributed by atoms with Crippen molar-refractivity contribution in [2.45, 2.75) is 67.1 Å². The molecule has 0 fully saturated rings. The van der Waals surface area contributed by atoms with Crippen molar-refractivity contribution >= 4 is 0 Å². The summed E-state index contributed by atoms with van der Waals surface area (Å²) in [4.78, 5) is 0. The number of hydrogen-bond acceptors (Lipinski definition) is 3. The van der Waals surface area contributed by atoms with Crippen LogP contribution in [-0.2, 0) is 29.3 Å². The SMILES string of the molecule is CC(C)(O)c1ccccc1.CC(C)O.C[C-](C)c1ccccc1.C[C-](C)c1ccccc1.[O]=[Ti+2]. The van der Waals surface area contributed by atoms with E-state index in [0.29, 0.717) is 0 Å². The van der Waals surface area contributed by atoms with Crippen molar-refractivity contribution in [2.75, 3.05) is 0 Å². The average Bonchev–Trinajstić information content (AvgIpc) is 2.82. The fourth-order valence-corrected chi connectivity index (χ4v) is 2.39. The molecule has 0 aromatic heterocycles. The van der Waals surface area contributed by atoms with E-state index in [0.717, 1.165) is 26.0 Å². The quantitative estimate of drug-likeness (QED) is 0.291. The van der Waals surface area contributed by atoms with E-state index in [1.807, 2.05) is 42.5 Å². The van der Waals surface area contributed by atoms with Crippen molar-refractivity contribution in [3.05, 3.63) is 120 Å². The molecule has 3 nitrogen and oxygen atoms in total. The van der Waals surface area contributed by atoms with Gasteiger partial charge in [-0.3, -0.25) is 0 Å². The van der Waals surface area contributed by atoms with Crippen LogP contribution in [0.3, 0.4) is 0 Å². The second-order valence-corrected chi connectivity index (χ2v) is 8.75. The Labute approximate surface area is 220 Å². The molecule has 0 heterocycles. The topological polar surface area (TPSA) is 57.5 Å². The number of hydrogen-bond donors (Lipinski definition) is 2. The zero-order valence-corrected chi connectivity index (χ0v) is 23.6. The second-order valence-electron chi connectivity index (χ2n) is 8.75. The van der Waals surface area contributed by atoms with Crippen molar-refractivity contribution in [3.8, 4) is 0 Å². The molecule has 0 atom stereocenters. The van der Waals surface area contributed by atoms with Crippen LogP contribution in [0.5, 0.6) is 0 Å². The molecule has 2 N–H and O–H groups in total. The van der Waals surface area contributed by atoms with Crippen molar-refractivity contribution in [3.63, 3.8) is 0 Å². The van der Waals surface area contributed by atoms with Gasteiger partial charge in [0.1, 0.15) is 0 Å². The molecule has 4 heteroatoms. The Balaban J connectivity index is 0. The summed E-state index contributed by atoms with van der Waals surface area (Å²) in [6.45, 7) is 15.5. The molecule has 184 valence electrons. The van der Waals surface area contributed by atoms with Crippen molar-refractivity contribution in [2.24, 2.45) is 0 Å². The Kier molecular flexibility index (Phi) is 20.2. The first-order valence-corrected chi connectivity index (χ1v) is 12.0. The number of aliphatic hydroxyl groups excluding tert-OH is 1. The summed E-state index contributed by atoms with van der Waals surface area (Å²) in [5.74, 6) is 2.74. The Hall–Kier alpha value is -2.17. The third-order valence-electron chi connectivity index (χ3n) is 4.18. The van der Waals surface area contributed by atoms with Gasteiger partial charge in [0.2, 0.25) is 0 Å². The molecule has 3 aromatic rings. The summed E-state index contributed by atoms with van der Waals surface area (Å²) in [6, 6.07) is 30.4. The summed E-state index contributed by atoms with van der Waals surface area (Å²) in [7, 11) is 0. The molecule has 34 heavy (non-hydrogen) atoms. The summed E-state index contributed by atoms with van der Waals surface area (Å²) in [5, 5.41) is 17.5. The molecular weight excluding hydrogens is 456 g/mol. The number of benzene rings is 3. The molecule has 0 bridgehead atoms. The van der Waals surface area contributed by atoms with Gasteiger partial charge < -0.3 is 10.2 Å². The minimum absolute atomic E-state index is 0.167. The van der Waals surface area contributed by atoms with Gasteiger partial charge in [0.05, 0.1) is 5.60 Å². The number of rotatable bonds is 3. The van der Waals surface area contributed by atoms with E-state index in [-0.39, 0.29) is 6.10 Å². The van der Waals surface area contributed by atoms with E-state index in [2.05, 4.69) is 76.2 Å². The van der Waals surface area contributed by atoms with Gasteiger partial charge in [-0.25, -0.2) is 0 Å². The predicted molar refractivity (Wildman–Crippen MR) is 140 cm³/mol. The maximum atomic E-state index is 9.49. The van der Waals surface area contributed by atoms with Crippen molar-refractivity contribution in [1.82, 2.24) is 0 Å². The normalized spacial score (nSPS) is 9.44. The van der Waals surface area contributed by atoms with Crippen molar-refractivity contribution < 1.29 is 33.9 Å². The molecule has 3 aromatic carbocycles. The zero-order chi connectivity index (χ0) is 26.6. The van der Waals surface area contributed by atoms with Crippen LogP contribution >= 0.6 is 0 Å². The van der Waals surface area contributed by atoms with Gasteiger partial charge in [0, 0.05) is 6.10 Å². The van der Waals surface area contributed by atoms with Crippen LogP contribution in [0, 0.1) is 11.8 Å². The molecular formula is C30H42O3Ti. The third kappa shape index (κ3) is 19.3. The average molecular weight is 499 g/mol. The van der Waals surface area contributed by atoms with Crippen LogP contribution in [0.1, 0.15) is 72.1 Å². The van der Waals surface area contributed by atoms with Crippen LogP contribution in [0.2, 0.25) is 0 Å². The molecule has 3 rings (SSSR count). The van der Waals surface area contributed by atoms with Gasteiger partial charge >= 0.3 is 23.7 Å². The first-order chi connectivity index (χ1) is 15.9.